The van der Waals surface area contributed by atoms with Crippen LogP contribution in [0.3, 0.4) is 0 Å². The second kappa shape index (κ2) is 7.21. The lowest BCUT2D eigenvalue weighted by Crippen LogP contribution is -2.47. The summed E-state index contributed by atoms with van der Waals surface area (Å²) in [5, 5.41) is 3.33. The Morgan fingerprint density at radius 3 is 2.60 bits per heavy atom. The molecule has 2 heterocycles. The minimum atomic E-state index is 0.541. The van der Waals surface area contributed by atoms with Gasteiger partial charge in [-0.05, 0) is 31.7 Å². The second-order valence-electron chi connectivity index (χ2n) is 6.06. The standard InChI is InChI=1S/C15H24ClN3S/c16-10-14-12-20-15(17-14)2-1-5-18-6-8-19(9-7-18)11-13-3-4-13/h12-13H,1-11H2. The molecule has 2 fully saturated rings. The first-order valence-corrected chi connectivity index (χ1v) is 9.19. The second-order valence-corrected chi connectivity index (χ2v) is 7.27. The van der Waals surface area contributed by atoms with Gasteiger partial charge in [0.15, 0.2) is 0 Å². The molecule has 3 rings (SSSR count). The van der Waals surface area contributed by atoms with Crippen LogP contribution >= 0.6 is 22.9 Å². The molecule has 1 saturated carbocycles. The molecule has 112 valence electrons. The molecule has 1 aliphatic heterocycles. The van der Waals surface area contributed by atoms with Gasteiger partial charge in [-0.15, -0.1) is 22.9 Å². The molecule has 0 atom stereocenters. The van der Waals surface area contributed by atoms with Crippen LogP contribution in [0.5, 0.6) is 0 Å². The Hall–Kier alpha value is -0.160. The maximum Gasteiger partial charge on any atom is 0.0929 e. The van der Waals surface area contributed by atoms with Gasteiger partial charge in [0.1, 0.15) is 0 Å². The highest BCUT2D eigenvalue weighted by atomic mass is 35.5. The summed E-state index contributed by atoms with van der Waals surface area (Å²) < 4.78 is 0. The van der Waals surface area contributed by atoms with Gasteiger partial charge in [0.25, 0.3) is 0 Å². The fourth-order valence-electron chi connectivity index (χ4n) is 2.84. The average molecular weight is 314 g/mol. The van der Waals surface area contributed by atoms with Crippen molar-refractivity contribution in [3.63, 3.8) is 0 Å². The molecule has 2 aliphatic rings. The number of hydrogen-bond acceptors (Lipinski definition) is 4. The van der Waals surface area contributed by atoms with Crippen molar-refractivity contribution in [3.8, 4) is 0 Å². The van der Waals surface area contributed by atoms with Gasteiger partial charge in [-0.2, -0.15) is 0 Å². The van der Waals surface area contributed by atoms with Crippen molar-refractivity contribution in [2.75, 3.05) is 39.3 Å². The van der Waals surface area contributed by atoms with Crippen molar-refractivity contribution in [1.29, 1.82) is 0 Å². The van der Waals surface area contributed by atoms with Gasteiger partial charge in [-0.3, -0.25) is 0 Å². The summed E-state index contributed by atoms with van der Waals surface area (Å²) in [6.45, 7) is 7.60. The maximum atomic E-state index is 5.78. The summed E-state index contributed by atoms with van der Waals surface area (Å²) in [4.78, 5) is 9.79. The molecular weight excluding hydrogens is 290 g/mol. The fourth-order valence-corrected chi connectivity index (χ4v) is 3.91. The predicted octanol–water partition coefficient (Wildman–Crippen LogP) is 2.84. The van der Waals surface area contributed by atoms with Gasteiger partial charge in [-0.1, -0.05) is 0 Å². The molecule has 1 aliphatic carbocycles. The highest BCUT2D eigenvalue weighted by Gasteiger charge is 2.26. The molecule has 0 radical (unpaired) electrons. The van der Waals surface area contributed by atoms with Crippen molar-refractivity contribution in [2.24, 2.45) is 5.92 Å². The lowest BCUT2D eigenvalue weighted by Gasteiger charge is -2.34. The summed E-state index contributed by atoms with van der Waals surface area (Å²) in [5.41, 5.74) is 1.03. The van der Waals surface area contributed by atoms with Crippen molar-refractivity contribution < 1.29 is 0 Å². The zero-order valence-electron chi connectivity index (χ0n) is 12.1. The van der Waals surface area contributed by atoms with Crippen LogP contribution in [0.1, 0.15) is 30.0 Å². The normalized spacial score (nSPS) is 21.4. The molecule has 0 aromatic carbocycles. The van der Waals surface area contributed by atoms with Crippen LogP contribution in [0, 0.1) is 5.92 Å². The van der Waals surface area contributed by atoms with Crippen molar-refractivity contribution in [3.05, 3.63) is 16.1 Å². The first-order chi connectivity index (χ1) is 9.83. The Morgan fingerprint density at radius 1 is 1.20 bits per heavy atom. The molecule has 1 saturated heterocycles. The van der Waals surface area contributed by atoms with Crippen LogP contribution in [0.15, 0.2) is 5.38 Å². The third-order valence-electron chi connectivity index (χ3n) is 4.28. The van der Waals surface area contributed by atoms with E-state index >= 15 is 0 Å². The summed E-state index contributed by atoms with van der Waals surface area (Å²) in [6.07, 6.45) is 5.26. The Labute approximate surface area is 130 Å². The zero-order valence-corrected chi connectivity index (χ0v) is 13.6. The van der Waals surface area contributed by atoms with E-state index in [1.807, 2.05) is 0 Å². The smallest absolute Gasteiger partial charge is 0.0929 e. The Kier molecular flexibility index (Phi) is 5.32. The molecule has 0 bridgehead atoms. The third-order valence-corrected chi connectivity index (χ3v) is 5.51. The predicted molar refractivity (Wildman–Crippen MR) is 85.6 cm³/mol. The molecule has 0 N–H and O–H groups in total. The highest BCUT2D eigenvalue weighted by molar-refractivity contribution is 7.09. The minimum Gasteiger partial charge on any atom is -0.301 e. The first kappa shape index (κ1) is 14.8. The largest absolute Gasteiger partial charge is 0.301 e. The molecule has 0 unspecified atom stereocenters. The number of piperazine rings is 1. The summed E-state index contributed by atoms with van der Waals surface area (Å²) >= 11 is 7.53. The molecule has 3 nitrogen and oxygen atoms in total. The number of hydrogen-bond donors (Lipinski definition) is 0. The number of alkyl halides is 1. The van der Waals surface area contributed by atoms with Gasteiger partial charge < -0.3 is 9.80 Å². The molecule has 1 aromatic rings. The third kappa shape index (κ3) is 4.42. The van der Waals surface area contributed by atoms with E-state index in [1.165, 1.54) is 63.5 Å². The number of thiazole rings is 1. The minimum absolute atomic E-state index is 0.541. The Balaban J connectivity index is 1.31. The van der Waals surface area contributed by atoms with E-state index in [-0.39, 0.29) is 0 Å². The SMILES string of the molecule is ClCc1csc(CCCN2CCN(CC3CC3)CC2)n1. The number of aryl methyl sites for hydroxylation is 1. The van der Waals surface area contributed by atoms with Gasteiger partial charge in [0.2, 0.25) is 0 Å². The summed E-state index contributed by atoms with van der Waals surface area (Å²) in [5.74, 6) is 1.57. The molecule has 1 aromatic heterocycles. The molecule has 0 amide bonds. The van der Waals surface area contributed by atoms with E-state index in [1.54, 1.807) is 11.3 Å². The summed E-state index contributed by atoms with van der Waals surface area (Å²) in [7, 11) is 0. The van der Waals surface area contributed by atoms with Crippen molar-refractivity contribution in [1.82, 2.24) is 14.8 Å². The van der Waals surface area contributed by atoms with Crippen LogP contribution in [0.2, 0.25) is 0 Å². The Morgan fingerprint density at radius 2 is 1.95 bits per heavy atom. The van der Waals surface area contributed by atoms with Crippen LogP contribution in [0.4, 0.5) is 0 Å². The van der Waals surface area contributed by atoms with E-state index in [9.17, 15) is 0 Å². The van der Waals surface area contributed by atoms with Crippen LogP contribution in [-0.4, -0.2) is 54.1 Å². The summed E-state index contributed by atoms with van der Waals surface area (Å²) in [6, 6.07) is 0. The topological polar surface area (TPSA) is 19.4 Å². The quantitative estimate of drug-likeness (QED) is 0.722. The molecule has 20 heavy (non-hydrogen) atoms. The molecule has 5 heteroatoms. The van der Waals surface area contributed by atoms with Crippen LogP contribution < -0.4 is 0 Å². The van der Waals surface area contributed by atoms with E-state index in [4.69, 9.17) is 11.6 Å². The van der Waals surface area contributed by atoms with Crippen LogP contribution in [0.25, 0.3) is 0 Å². The average Bonchev–Trinajstić information content (AvgIpc) is 3.16. The zero-order chi connectivity index (χ0) is 13.8. The maximum absolute atomic E-state index is 5.78. The fraction of sp³-hybridized carbons (Fsp3) is 0.800. The lowest BCUT2D eigenvalue weighted by atomic mass is 10.2. The number of rotatable bonds is 7. The van der Waals surface area contributed by atoms with Gasteiger partial charge in [0.05, 0.1) is 16.6 Å². The van der Waals surface area contributed by atoms with Crippen LogP contribution in [-0.2, 0) is 12.3 Å². The molecular formula is C15H24ClN3S. The monoisotopic (exact) mass is 313 g/mol. The van der Waals surface area contributed by atoms with E-state index in [0.29, 0.717) is 5.88 Å². The van der Waals surface area contributed by atoms with E-state index in [0.717, 1.165) is 18.0 Å². The van der Waals surface area contributed by atoms with Gasteiger partial charge in [-0.25, -0.2) is 4.98 Å². The lowest BCUT2D eigenvalue weighted by molar-refractivity contribution is 0.127. The van der Waals surface area contributed by atoms with Crippen molar-refractivity contribution in [2.45, 2.75) is 31.6 Å². The van der Waals surface area contributed by atoms with E-state index in [2.05, 4.69) is 20.2 Å². The number of halogens is 1. The Bertz CT molecular complexity index is 411. The van der Waals surface area contributed by atoms with Gasteiger partial charge >= 0.3 is 0 Å². The molecule has 0 spiro atoms. The first-order valence-electron chi connectivity index (χ1n) is 7.77. The number of nitrogens with zero attached hydrogens (tertiary/aromatic N) is 3. The van der Waals surface area contributed by atoms with Gasteiger partial charge in [0, 0.05) is 44.5 Å². The number of aromatic nitrogens is 1. The highest BCUT2D eigenvalue weighted by Crippen LogP contribution is 2.29. The van der Waals surface area contributed by atoms with E-state index < -0.39 is 0 Å². The van der Waals surface area contributed by atoms with Crippen molar-refractivity contribution >= 4 is 22.9 Å².